The van der Waals surface area contributed by atoms with Crippen molar-refractivity contribution in [3.8, 4) is 0 Å². The molecule has 1 amide bonds. The summed E-state index contributed by atoms with van der Waals surface area (Å²) < 4.78 is 5.32. The van der Waals surface area contributed by atoms with Gasteiger partial charge in [0.1, 0.15) is 5.92 Å². The van der Waals surface area contributed by atoms with Crippen molar-refractivity contribution in [3.63, 3.8) is 0 Å². The lowest BCUT2D eigenvalue weighted by atomic mass is 9.90. The van der Waals surface area contributed by atoms with Crippen molar-refractivity contribution in [2.75, 3.05) is 18.4 Å². The maximum absolute atomic E-state index is 13.3. The molecule has 1 N–H and O–H groups in total. The highest BCUT2D eigenvalue weighted by Crippen LogP contribution is 2.37. The first kappa shape index (κ1) is 24.9. The van der Waals surface area contributed by atoms with E-state index in [4.69, 9.17) is 9.73 Å². The Kier molecular flexibility index (Phi) is 7.47. The van der Waals surface area contributed by atoms with Gasteiger partial charge in [0.05, 0.1) is 23.1 Å². The lowest BCUT2D eigenvalue weighted by Crippen LogP contribution is -2.28. The van der Waals surface area contributed by atoms with Crippen LogP contribution in [0.2, 0.25) is 0 Å². The number of fused-ring (bicyclic) bond motifs is 1. The summed E-state index contributed by atoms with van der Waals surface area (Å²) in [5.74, 6) is -1.15. The molecule has 6 nitrogen and oxygen atoms in total. The Morgan fingerprint density at radius 2 is 1.70 bits per heavy atom. The van der Waals surface area contributed by atoms with Gasteiger partial charge in [-0.25, -0.2) is 4.79 Å². The van der Waals surface area contributed by atoms with Crippen molar-refractivity contribution in [1.29, 1.82) is 0 Å². The fourth-order valence-corrected chi connectivity index (χ4v) is 5.04. The second-order valence-electron chi connectivity index (χ2n) is 10.0. The number of likely N-dealkylation sites (tertiary alicyclic amines) is 1. The molecule has 2 aliphatic rings. The molecule has 0 aromatic heterocycles. The van der Waals surface area contributed by atoms with E-state index in [0.717, 1.165) is 36.4 Å². The van der Waals surface area contributed by atoms with Crippen LogP contribution in [0.4, 0.5) is 11.4 Å². The summed E-state index contributed by atoms with van der Waals surface area (Å²) in [6.45, 7) is 6.89. The molecule has 0 radical (unpaired) electrons. The Labute approximate surface area is 218 Å². The summed E-state index contributed by atoms with van der Waals surface area (Å²) in [6.07, 6.45) is 3.65. The van der Waals surface area contributed by atoms with E-state index >= 15 is 0 Å². The fourth-order valence-electron chi connectivity index (χ4n) is 5.04. The predicted molar refractivity (Wildman–Crippen MR) is 147 cm³/mol. The van der Waals surface area contributed by atoms with Crippen molar-refractivity contribution in [1.82, 2.24) is 4.90 Å². The average molecular weight is 496 g/mol. The number of aliphatic imine (C=N–C) groups is 1. The highest BCUT2D eigenvalue weighted by molar-refractivity contribution is 6.24. The summed E-state index contributed by atoms with van der Waals surface area (Å²) in [5.41, 5.74) is 5.47. The Hall–Kier alpha value is -3.77. The number of rotatable bonds is 7. The molecule has 0 bridgehead atoms. The molecule has 190 valence electrons. The van der Waals surface area contributed by atoms with Gasteiger partial charge < -0.3 is 10.1 Å². The SMILES string of the molecule is CC(C)OC(=O)c1ccc2c(c1)NC(=O)C2C(=Nc1ccc(CN2CCCCC2)cc1)c1ccccc1. The van der Waals surface area contributed by atoms with E-state index in [0.29, 0.717) is 17.0 Å². The number of benzene rings is 3. The summed E-state index contributed by atoms with van der Waals surface area (Å²) in [6, 6.07) is 23.4. The van der Waals surface area contributed by atoms with E-state index < -0.39 is 11.9 Å². The first-order valence-electron chi connectivity index (χ1n) is 13.1. The van der Waals surface area contributed by atoms with Crippen LogP contribution in [0.5, 0.6) is 0 Å². The van der Waals surface area contributed by atoms with Gasteiger partial charge in [0.25, 0.3) is 0 Å². The molecule has 3 aromatic carbocycles. The zero-order valence-corrected chi connectivity index (χ0v) is 21.4. The summed E-state index contributed by atoms with van der Waals surface area (Å²) in [7, 11) is 0. The number of hydrogen-bond donors (Lipinski definition) is 1. The maximum atomic E-state index is 13.3. The number of anilines is 1. The first-order valence-corrected chi connectivity index (χ1v) is 13.1. The van der Waals surface area contributed by atoms with Gasteiger partial charge in [0.15, 0.2) is 0 Å². The largest absolute Gasteiger partial charge is 0.459 e. The second kappa shape index (κ2) is 11.1. The Morgan fingerprint density at radius 1 is 0.973 bits per heavy atom. The van der Waals surface area contributed by atoms with E-state index in [-0.39, 0.29) is 12.0 Å². The minimum Gasteiger partial charge on any atom is -0.459 e. The molecule has 6 heteroatoms. The third-order valence-electron chi connectivity index (χ3n) is 6.85. The minimum atomic E-state index is -0.583. The molecule has 0 saturated carbocycles. The molecule has 37 heavy (non-hydrogen) atoms. The number of carbonyl (C=O) groups excluding carboxylic acids is 2. The van der Waals surface area contributed by atoms with Crippen molar-refractivity contribution in [3.05, 3.63) is 95.1 Å². The van der Waals surface area contributed by atoms with E-state index in [1.54, 1.807) is 12.1 Å². The maximum Gasteiger partial charge on any atom is 0.338 e. The van der Waals surface area contributed by atoms with E-state index in [2.05, 4.69) is 22.3 Å². The van der Waals surface area contributed by atoms with Gasteiger partial charge in [0, 0.05) is 12.2 Å². The third-order valence-corrected chi connectivity index (χ3v) is 6.85. The van der Waals surface area contributed by atoms with E-state index in [1.807, 2.05) is 62.4 Å². The summed E-state index contributed by atoms with van der Waals surface area (Å²) >= 11 is 0. The van der Waals surface area contributed by atoms with Gasteiger partial charge in [-0.3, -0.25) is 14.7 Å². The van der Waals surface area contributed by atoms with Crippen LogP contribution in [-0.4, -0.2) is 41.7 Å². The lowest BCUT2D eigenvalue weighted by Gasteiger charge is -2.26. The van der Waals surface area contributed by atoms with Crippen LogP contribution in [0.25, 0.3) is 0 Å². The summed E-state index contributed by atoms with van der Waals surface area (Å²) in [4.78, 5) is 33.2. The van der Waals surface area contributed by atoms with E-state index in [1.165, 1.54) is 24.8 Å². The first-order chi connectivity index (χ1) is 18.0. The second-order valence-corrected chi connectivity index (χ2v) is 10.0. The van der Waals surface area contributed by atoms with E-state index in [9.17, 15) is 9.59 Å². The average Bonchev–Trinajstić information content (AvgIpc) is 3.23. The predicted octanol–water partition coefficient (Wildman–Crippen LogP) is 6.09. The number of amides is 1. The van der Waals surface area contributed by atoms with Gasteiger partial charge in [0.2, 0.25) is 5.91 Å². The number of piperidine rings is 1. The molecular weight excluding hydrogens is 462 g/mol. The van der Waals surface area contributed by atoms with Crippen LogP contribution in [0.15, 0.2) is 77.8 Å². The fraction of sp³-hybridized carbons (Fsp3) is 0.323. The van der Waals surface area contributed by atoms with Crippen molar-refractivity contribution in [2.45, 2.75) is 51.7 Å². The number of hydrogen-bond acceptors (Lipinski definition) is 5. The van der Waals surface area contributed by atoms with Crippen LogP contribution < -0.4 is 5.32 Å². The molecule has 5 rings (SSSR count). The normalized spacial score (nSPS) is 18.0. The van der Waals surface area contributed by atoms with Crippen molar-refractivity contribution < 1.29 is 14.3 Å². The molecule has 1 atom stereocenters. The van der Waals surface area contributed by atoms with Crippen LogP contribution in [0, 0.1) is 0 Å². The number of nitrogens with one attached hydrogen (secondary N) is 1. The van der Waals surface area contributed by atoms with Crippen LogP contribution >= 0.6 is 0 Å². The Balaban J connectivity index is 1.45. The number of ether oxygens (including phenoxy) is 1. The molecule has 1 saturated heterocycles. The lowest BCUT2D eigenvalue weighted by molar-refractivity contribution is -0.115. The molecule has 0 spiro atoms. The van der Waals surface area contributed by atoms with Crippen LogP contribution in [-0.2, 0) is 16.1 Å². The molecule has 3 aromatic rings. The van der Waals surface area contributed by atoms with Crippen molar-refractivity contribution in [2.24, 2.45) is 4.99 Å². The van der Waals surface area contributed by atoms with Gasteiger partial charge in [-0.05, 0) is 80.7 Å². The monoisotopic (exact) mass is 495 g/mol. The highest BCUT2D eigenvalue weighted by atomic mass is 16.5. The zero-order chi connectivity index (χ0) is 25.8. The number of nitrogens with zero attached hydrogens (tertiary/aromatic N) is 2. The van der Waals surface area contributed by atoms with Crippen LogP contribution in [0.1, 0.15) is 66.1 Å². The topological polar surface area (TPSA) is 71.0 Å². The quantitative estimate of drug-likeness (QED) is 0.318. The molecule has 2 aliphatic heterocycles. The smallest absolute Gasteiger partial charge is 0.338 e. The summed E-state index contributed by atoms with van der Waals surface area (Å²) in [5, 5.41) is 2.95. The third kappa shape index (κ3) is 5.81. The Bertz CT molecular complexity index is 1290. The van der Waals surface area contributed by atoms with Gasteiger partial charge in [-0.2, -0.15) is 0 Å². The number of carbonyl (C=O) groups is 2. The molecule has 1 unspecified atom stereocenters. The zero-order valence-electron chi connectivity index (χ0n) is 21.4. The van der Waals surface area contributed by atoms with Crippen LogP contribution in [0.3, 0.4) is 0 Å². The standard InChI is InChI=1S/C31H33N3O3/c1-21(2)37-31(36)24-13-16-26-27(19-24)33-30(35)28(26)29(23-9-5-3-6-10-23)32-25-14-11-22(12-15-25)20-34-17-7-4-8-18-34/h3,5-6,9-16,19,21,28H,4,7-8,17-18,20H2,1-2H3,(H,33,35). The van der Waals surface area contributed by atoms with Crippen molar-refractivity contribution >= 4 is 29.0 Å². The molecule has 2 heterocycles. The molecular formula is C31H33N3O3. The van der Waals surface area contributed by atoms with Gasteiger partial charge in [-0.1, -0.05) is 55.0 Å². The van der Waals surface area contributed by atoms with Gasteiger partial charge >= 0.3 is 5.97 Å². The molecule has 0 aliphatic carbocycles. The minimum absolute atomic E-state index is 0.159. The highest BCUT2D eigenvalue weighted by Gasteiger charge is 2.36. The van der Waals surface area contributed by atoms with Gasteiger partial charge in [-0.15, -0.1) is 0 Å². The molecule has 1 fully saturated rings. The Morgan fingerprint density at radius 3 is 2.41 bits per heavy atom. The number of esters is 1.